The lowest BCUT2D eigenvalue weighted by Crippen LogP contribution is -2.22. The van der Waals surface area contributed by atoms with Crippen LogP contribution >= 0.6 is 11.8 Å². The minimum Gasteiger partial charge on any atom is -0.367 e. The number of rotatable bonds is 7. The quantitative estimate of drug-likeness (QED) is 0.371. The number of aromatic amines is 1. The summed E-state index contributed by atoms with van der Waals surface area (Å²) < 4.78 is 0. The minimum absolute atomic E-state index is 0.519. The largest absolute Gasteiger partial charge is 0.367 e. The molecular weight excluding hydrogens is 402 g/mol. The third kappa shape index (κ3) is 5.42. The fourth-order valence-corrected chi connectivity index (χ4v) is 5.67. The Bertz CT molecular complexity index is 975. The van der Waals surface area contributed by atoms with E-state index in [1.165, 1.54) is 73.3 Å². The van der Waals surface area contributed by atoms with Gasteiger partial charge in [-0.25, -0.2) is 4.98 Å². The molecule has 0 unspecified atom stereocenters. The van der Waals surface area contributed by atoms with Crippen molar-refractivity contribution in [2.75, 3.05) is 10.6 Å². The molecule has 0 atom stereocenters. The highest BCUT2D eigenvalue weighted by Gasteiger charge is 2.19. The van der Waals surface area contributed by atoms with Gasteiger partial charge < -0.3 is 10.6 Å². The van der Waals surface area contributed by atoms with Gasteiger partial charge in [0.05, 0.1) is 0 Å². The zero-order valence-electron chi connectivity index (χ0n) is 17.9. The van der Waals surface area contributed by atoms with E-state index in [9.17, 15) is 0 Å². The Balaban J connectivity index is 1.36. The van der Waals surface area contributed by atoms with Crippen molar-refractivity contribution in [2.45, 2.75) is 79.5 Å². The normalized spacial score (nSPS) is 17.7. The third-order valence-corrected chi connectivity index (χ3v) is 7.36. The number of nitrogens with one attached hydrogen (secondary N) is 3. The topological polar surface area (TPSA) is 65.6 Å². The number of H-pyrrole nitrogens is 1. The van der Waals surface area contributed by atoms with E-state index in [1.54, 1.807) is 11.8 Å². The van der Waals surface area contributed by atoms with E-state index in [2.05, 4.69) is 69.4 Å². The summed E-state index contributed by atoms with van der Waals surface area (Å²) in [5, 5.41) is 14.9. The summed E-state index contributed by atoms with van der Waals surface area (Å²) in [6.45, 7) is 0. The zero-order chi connectivity index (χ0) is 20.9. The molecule has 5 nitrogen and oxygen atoms in total. The van der Waals surface area contributed by atoms with Gasteiger partial charge in [-0.1, -0.05) is 62.1 Å². The fraction of sp³-hybridized carbons (Fsp3) is 0.440. The Hall–Kier alpha value is -2.47. The Kier molecular flexibility index (Phi) is 6.44. The van der Waals surface area contributed by atoms with Crippen LogP contribution in [0.1, 0.15) is 69.4 Å². The van der Waals surface area contributed by atoms with E-state index in [4.69, 9.17) is 4.98 Å². The van der Waals surface area contributed by atoms with Gasteiger partial charge in [0.25, 0.3) is 0 Å². The van der Waals surface area contributed by atoms with E-state index in [1.807, 2.05) is 0 Å². The Morgan fingerprint density at radius 3 is 2.32 bits per heavy atom. The van der Waals surface area contributed by atoms with Crippen molar-refractivity contribution in [2.24, 2.45) is 0 Å². The molecule has 2 fully saturated rings. The molecule has 0 saturated heterocycles. The first-order valence-electron chi connectivity index (χ1n) is 11.7. The Morgan fingerprint density at radius 1 is 0.774 bits per heavy atom. The third-order valence-electron chi connectivity index (χ3n) is 6.38. The number of aromatic nitrogens is 3. The second kappa shape index (κ2) is 9.77. The van der Waals surface area contributed by atoms with Crippen LogP contribution in [0.2, 0.25) is 0 Å². The Labute approximate surface area is 188 Å². The lowest BCUT2D eigenvalue weighted by atomic mass is 9.95. The molecule has 0 spiro atoms. The van der Waals surface area contributed by atoms with Crippen LogP contribution in [0.4, 0.5) is 17.5 Å². The molecule has 162 valence electrons. The lowest BCUT2D eigenvalue weighted by molar-refractivity contribution is 0.462. The molecule has 0 amide bonds. The maximum Gasteiger partial charge on any atom is 0.153 e. The van der Waals surface area contributed by atoms with Gasteiger partial charge in [-0.05, 0) is 49.9 Å². The number of nitrogens with zero attached hydrogens (tertiary/aromatic N) is 2. The summed E-state index contributed by atoms with van der Waals surface area (Å²) in [5.41, 5.74) is 1.25. The molecule has 31 heavy (non-hydrogen) atoms. The van der Waals surface area contributed by atoms with Crippen LogP contribution in [0.3, 0.4) is 0 Å². The molecule has 3 N–H and O–H groups in total. The average molecular weight is 434 g/mol. The van der Waals surface area contributed by atoms with Crippen LogP contribution in [-0.4, -0.2) is 21.2 Å². The number of hydrogen-bond acceptors (Lipinski definition) is 5. The number of benzene rings is 1. The molecule has 3 aromatic rings. The van der Waals surface area contributed by atoms with Crippen LogP contribution in [0.15, 0.2) is 58.3 Å². The van der Waals surface area contributed by atoms with Crippen LogP contribution in [0, 0.1) is 0 Å². The second-order valence-electron chi connectivity index (χ2n) is 8.78. The summed E-state index contributed by atoms with van der Waals surface area (Å²) in [6.07, 6.45) is 11.6. The maximum atomic E-state index is 4.88. The smallest absolute Gasteiger partial charge is 0.153 e. The summed E-state index contributed by atoms with van der Waals surface area (Å²) >= 11 is 1.77. The molecule has 2 heterocycles. The summed E-state index contributed by atoms with van der Waals surface area (Å²) in [6, 6.07) is 17.5. The average Bonchev–Trinajstić information content (AvgIpc) is 3.47. The highest BCUT2D eigenvalue weighted by Crippen LogP contribution is 2.35. The van der Waals surface area contributed by atoms with Crippen molar-refractivity contribution in [1.82, 2.24) is 15.2 Å². The molecule has 2 aliphatic rings. The lowest BCUT2D eigenvalue weighted by Gasteiger charge is -2.23. The van der Waals surface area contributed by atoms with Gasteiger partial charge in [-0.3, -0.25) is 5.10 Å². The molecule has 0 radical (unpaired) electrons. The van der Waals surface area contributed by atoms with Gasteiger partial charge >= 0.3 is 0 Å². The monoisotopic (exact) mass is 433 g/mol. The van der Waals surface area contributed by atoms with Crippen molar-refractivity contribution >= 4 is 29.2 Å². The Morgan fingerprint density at radius 2 is 1.52 bits per heavy atom. The number of pyridine rings is 1. The van der Waals surface area contributed by atoms with Crippen molar-refractivity contribution in [3.63, 3.8) is 0 Å². The molecular formula is C25H31N5S. The van der Waals surface area contributed by atoms with Gasteiger partial charge in [0, 0.05) is 33.5 Å². The van der Waals surface area contributed by atoms with E-state index in [0.717, 1.165) is 17.5 Å². The first kappa shape index (κ1) is 20.4. The predicted molar refractivity (Wildman–Crippen MR) is 128 cm³/mol. The molecule has 1 aromatic carbocycles. The van der Waals surface area contributed by atoms with Crippen molar-refractivity contribution in [1.29, 1.82) is 0 Å². The molecule has 6 heteroatoms. The van der Waals surface area contributed by atoms with E-state index in [0.29, 0.717) is 12.0 Å². The van der Waals surface area contributed by atoms with Gasteiger partial charge in [0.15, 0.2) is 5.82 Å². The number of hydrogen-bond donors (Lipinski definition) is 3. The van der Waals surface area contributed by atoms with Crippen molar-refractivity contribution < 1.29 is 0 Å². The van der Waals surface area contributed by atoms with Gasteiger partial charge in [0.2, 0.25) is 0 Å². The molecule has 2 saturated carbocycles. The highest BCUT2D eigenvalue weighted by molar-refractivity contribution is 7.99. The van der Waals surface area contributed by atoms with Crippen molar-refractivity contribution in [3.05, 3.63) is 54.2 Å². The molecule has 2 aliphatic carbocycles. The van der Waals surface area contributed by atoms with Crippen LogP contribution in [0.5, 0.6) is 0 Å². The zero-order valence-corrected chi connectivity index (χ0v) is 18.8. The van der Waals surface area contributed by atoms with E-state index in [-0.39, 0.29) is 0 Å². The fourth-order valence-electron chi connectivity index (χ4n) is 4.76. The molecule has 0 aliphatic heterocycles. The summed E-state index contributed by atoms with van der Waals surface area (Å²) in [7, 11) is 0. The van der Waals surface area contributed by atoms with Crippen LogP contribution in [-0.2, 0) is 0 Å². The number of anilines is 3. The summed E-state index contributed by atoms with van der Waals surface area (Å²) in [4.78, 5) is 7.28. The highest BCUT2D eigenvalue weighted by atomic mass is 32.2. The second-order valence-corrected chi connectivity index (χ2v) is 9.93. The van der Waals surface area contributed by atoms with E-state index >= 15 is 0 Å². The van der Waals surface area contributed by atoms with Crippen molar-refractivity contribution in [3.8, 4) is 0 Å². The predicted octanol–water partition coefficient (Wildman–Crippen LogP) is 7.10. The molecule has 5 rings (SSSR count). The van der Waals surface area contributed by atoms with E-state index < -0.39 is 0 Å². The standard InChI is InChI=1S/C25H31N5S/c1-3-11-19(12-4-1)26-23-15-21(31-20-13-5-2-6-14-20)16-24(27-23)28-25-17-22(29-30-25)18-9-7-8-10-18/h2,5-6,13-19H,1,3-4,7-12H2,(H3,26,27,28,29,30). The minimum atomic E-state index is 0.519. The summed E-state index contributed by atoms with van der Waals surface area (Å²) in [5.74, 6) is 3.25. The van der Waals surface area contributed by atoms with Crippen LogP contribution in [0.25, 0.3) is 0 Å². The first-order chi connectivity index (χ1) is 15.3. The van der Waals surface area contributed by atoms with Gasteiger partial charge in [-0.15, -0.1) is 0 Å². The van der Waals surface area contributed by atoms with Gasteiger partial charge in [-0.2, -0.15) is 5.10 Å². The van der Waals surface area contributed by atoms with Gasteiger partial charge in [0.1, 0.15) is 11.6 Å². The SMILES string of the molecule is c1ccc(Sc2cc(Nc3cc(C4CCCC4)[nH]n3)nc(NC3CCCCC3)c2)cc1. The maximum absolute atomic E-state index is 4.88. The first-order valence-corrected chi connectivity index (χ1v) is 12.5. The van der Waals surface area contributed by atoms with Crippen LogP contribution < -0.4 is 10.6 Å². The molecule has 0 bridgehead atoms. The molecule has 2 aromatic heterocycles.